The quantitative estimate of drug-likeness (QED) is 0.558. The van der Waals surface area contributed by atoms with Gasteiger partial charge in [0.05, 0.1) is 11.6 Å². The number of hydrogen-bond acceptors (Lipinski definition) is 2. The zero-order valence-corrected chi connectivity index (χ0v) is 13.9. The lowest BCUT2D eigenvalue weighted by atomic mass is 10.1. The van der Waals surface area contributed by atoms with E-state index in [1.807, 2.05) is 12.1 Å². The number of hydrogen-bond donors (Lipinski definition) is 1. The van der Waals surface area contributed by atoms with Gasteiger partial charge in [-0.3, -0.25) is 0 Å². The van der Waals surface area contributed by atoms with Crippen molar-refractivity contribution in [3.8, 4) is 5.75 Å². The Morgan fingerprint density at radius 2 is 1.90 bits per heavy atom. The summed E-state index contributed by atoms with van der Waals surface area (Å²) in [5.74, 6) is 0.876. The van der Waals surface area contributed by atoms with Crippen LogP contribution in [0.4, 0.5) is 0 Å². The van der Waals surface area contributed by atoms with Crippen molar-refractivity contribution in [1.82, 2.24) is 5.32 Å². The summed E-state index contributed by atoms with van der Waals surface area (Å²) < 4.78 is 5.96. The van der Waals surface area contributed by atoms with Gasteiger partial charge in [-0.25, -0.2) is 0 Å². The SMILES string of the molecule is CCCCCCCCOc1c(Cl)cccc1CNC1CC1. The summed E-state index contributed by atoms with van der Waals surface area (Å²) >= 11 is 6.29. The zero-order chi connectivity index (χ0) is 14.9. The maximum absolute atomic E-state index is 6.29. The Morgan fingerprint density at radius 1 is 1.14 bits per heavy atom. The van der Waals surface area contributed by atoms with Gasteiger partial charge in [-0.15, -0.1) is 0 Å². The molecule has 0 aromatic heterocycles. The maximum atomic E-state index is 6.29. The molecule has 0 heterocycles. The third-order valence-corrected chi connectivity index (χ3v) is 4.25. The molecule has 1 aliphatic carbocycles. The van der Waals surface area contributed by atoms with Crippen LogP contribution < -0.4 is 10.1 Å². The highest BCUT2D eigenvalue weighted by atomic mass is 35.5. The van der Waals surface area contributed by atoms with Gasteiger partial charge in [0.2, 0.25) is 0 Å². The van der Waals surface area contributed by atoms with Crippen LogP contribution in [0.1, 0.15) is 63.9 Å². The molecule has 1 aromatic rings. The van der Waals surface area contributed by atoms with Gasteiger partial charge < -0.3 is 10.1 Å². The number of nitrogens with one attached hydrogen (secondary N) is 1. The van der Waals surface area contributed by atoms with Crippen LogP contribution in [-0.4, -0.2) is 12.6 Å². The Bertz CT molecular complexity index is 418. The summed E-state index contributed by atoms with van der Waals surface area (Å²) in [6, 6.07) is 6.73. The summed E-state index contributed by atoms with van der Waals surface area (Å²) in [7, 11) is 0. The van der Waals surface area contributed by atoms with Gasteiger partial charge in [-0.05, 0) is 25.3 Å². The fraction of sp³-hybridized carbons (Fsp3) is 0.667. The van der Waals surface area contributed by atoms with Crippen LogP contribution in [0.2, 0.25) is 5.02 Å². The molecule has 2 rings (SSSR count). The third kappa shape index (κ3) is 6.27. The van der Waals surface area contributed by atoms with Gasteiger partial charge >= 0.3 is 0 Å². The van der Waals surface area contributed by atoms with Crippen LogP contribution in [0.15, 0.2) is 18.2 Å². The van der Waals surface area contributed by atoms with E-state index < -0.39 is 0 Å². The first-order chi connectivity index (χ1) is 10.3. The highest BCUT2D eigenvalue weighted by Crippen LogP contribution is 2.30. The van der Waals surface area contributed by atoms with E-state index in [4.69, 9.17) is 16.3 Å². The van der Waals surface area contributed by atoms with Gasteiger partial charge in [0, 0.05) is 18.2 Å². The molecular formula is C18H28ClNO. The second-order valence-electron chi connectivity index (χ2n) is 6.00. The van der Waals surface area contributed by atoms with E-state index in [-0.39, 0.29) is 0 Å². The van der Waals surface area contributed by atoms with Crippen molar-refractivity contribution in [2.45, 2.75) is 70.9 Å². The average Bonchev–Trinajstić information content (AvgIpc) is 3.30. The van der Waals surface area contributed by atoms with Crippen LogP contribution in [0.25, 0.3) is 0 Å². The van der Waals surface area contributed by atoms with Crippen molar-refractivity contribution in [2.75, 3.05) is 6.61 Å². The minimum atomic E-state index is 0.704. The first kappa shape index (κ1) is 16.6. The first-order valence-corrected chi connectivity index (χ1v) is 8.82. The number of halogens is 1. The van der Waals surface area contributed by atoms with Gasteiger partial charge in [0.15, 0.2) is 0 Å². The molecule has 0 atom stereocenters. The summed E-state index contributed by atoms with van der Waals surface area (Å²) in [6.07, 6.45) is 10.3. The van der Waals surface area contributed by atoms with E-state index in [0.717, 1.165) is 30.3 Å². The lowest BCUT2D eigenvalue weighted by molar-refractivity contribution is 0.301. The van der Waals surface area contributed by atoms with E-state index in [1.54, 1.807) is 0 Å². The molecule has 118 valence electrons. The zero-order valence-electron chi connectivity index (χ0n) is 13.2. The molecule has 1 aromatic carbocycles. The van der Waals surface area contributed by atoms with Crippen molar-refractivity contribution < 1.29 is 4.74 Å². The molecular weight excluding hydrogens is 282 g/mol. The molecule has 0 spiro atoms. The predicted octanol–water partition coefficient (Wildman–Crippen LogP) is 5.33. The monoisotopic (exact) mass is 309 g/mol. The summed E-state index contributed by atoms with van der Waals surface area (Å²) in [4.78, 5) is 0. The standard InChI is InChI=1S/C18H28ClNO/c1-2-3-4-5-6-7-13-21-18-15(9-8-10-17(18)19)14-20-16-11-12-16/h8-10,16,20H,2-7,11-14H2,1H3. The lowest BCUT2D eigenvalue weighted by Crippen LogP contribution is -2.16. The fourth-order valence-electron chi connectivity index (χ4n) is 2.45. The molecule has 1 aliphatic rings. The predicted molar refractivity (Wildman–Crippen MR) is 90.2 cm³/mol. The Labute approximate surface area is 134 Å². The van der Waals surface area contributed by atoms with Crippen LogP contribution >= 0.6 is 11.6 Å². The minimum Gasteiger partial charge on any atom is -0.492 e. The molecule has 2 nitrogen and oxygen atoms in total. The van der Waals surface area contributed by atoms with Gasteiger partial charge in [-0.1, -0.05) is 62.8 Å². The Morgan fingerprint density at radius 3 is 2.67 bits per heavy atom. The van der Waals surface area contributed by atoms with Crippen LogP contribution in [0.3, 0.4) is 0 Å². The van der Waals surface area contributed by atoms with Gasteiger partial charge in [0.1, 0.15) is 5.75 Å². The maximum Gasteiger partial charge on any atom is 0.142 e. The van der Waals surface area contributed by atoms with Crippen molar-refractivity contribution >= 4 is 11.6 Å². The number of ether oxygens (including phenoxy) is 1. The Kier molecular flexibility index (Phi) is 7.38. The fourth-order valence-corrected chi connectivity index (χ4v) is 2.70. The van der Waals surface area contributed by atoms with Crippen molar-refractivity contribution in [1.29, 1.82) is 0 Å². The van der Waals surface area contributed by atoms with Gasteiger partial charge in [0.25, 0.3) is 0 Å². The second kappa shape index (κ2) is 9.32. The Balaban J connectivity index is 1.72. The van der Waals surface area contributed by atoms with E-state index in [1.165, 1.54) is 50.5 Å². The molecule has 0 aliphatic heterocycles. The van der Waals surface area contributed by atoms with Crippen molar-refractivity contribution in [3.05, 3.63) is 28.8 Å². The number of para-hydroxylation sites is 1. The van der Waals surface area contributed by atoms with Crippen LogP contribution in [-0.2, 0) is 6.54 Å². The topological polar surface area (TPSA) is 21.3 Å². The smallest absolute Gasteiger partial charge is 0.142 e. The van der Waals surface area contributed by atoms with Crippen LogP contribution in [0.5, 0.6) is 5.75 Å². The van der Waals surface area contributed by atoms with Crippen molar-refractivity contribution in [2.24, 2.45) is 0 Å². The van der Waals surface area contributed by atoms with Crippen molar-refractivity contribution in [3.63, 3.8) is 0 Å². The molecule has 0 bridgehead atoms. The normalized spacial score (nSPS) is 14.4. The molecule has 0 unspecified atom stereocenters. The third-order valence-electron chi connectivity index (χ3n) is 3.95. The molecule has 21 heavy (non-hydrogen) atoms. The average molecular weight is 310 g/mol. The minimum absolute atomic E-state index is 0.704. The van der Waals surface area contributed by atoms with Gasteiger partial charge in [-0.2, -0.15) is 0 Å². The summed E-state index contributed by atoms with van der Waals surface area (Å²) in [5, 5.41) is 4.26. The molecule has 1 fully saturated rings. The molecule has 1 saturated carbocycles. The molecule has 0 saturated heterocycles. The molecule has 0 amide bonds. The van der Waals surface area contributed by atoms with E-state index in [0.29, 0.717) is 6.04 Å². The number of benzene rings is 1. The van der Waals surface area contributed by atoms with E-state index in [2.05, 4.69) is 18.3 Å². The van der Waals surface area contributed by atoms with E-state index in [9.17, 15) is 0 Å². The second-order valence-corrected chi connectivity index (χ2v) is 6.41. The lowest BCUT2D eigenvalue weighted by Gasteiger charge is -2.13. The van der Waals surface area contributed by atoms with Crippen LogP contribution in [0, 0.1) is 0 Å². The first-order valence-electron chi connectivity index (χ1n) is 8.45. The Hall–Kier alpha value is -0.730. The molecule has 0 radical (unpaired) electrons. The highest BCUT2D eigenvalue weighted by molar-refractivity contribution is 6.32. The molecule has 3 heteroatoms. The van der Waals surface area contributed by atoms with E-state index >= 15 is 0 Å². The number of rotatable bonds is 11. The highest BCUT2D eigenvalue weighted by Gasteiger charge is 2.21. The summed E-state index contributed by atoms with van der Waals surface area (Å²) in [6.45, 7) is 3.88. The largest absolute Gasteiger partial charge is 0.492 e. The molecule has 1 N–H and O–H groups in total. The number of unbranched alkanes of at least 4 members (excludes halogenated alkanes) is 5. The summed E-state index contributed by atoms with van der Waals surface area (Å²) in [5.41, 5.74) is 1.18.